The van der Waals surface area contributed by atoms with E-state index in [-0.39, 0.29) is 17.6 Å². The molecule has 0 bridgehead atoms. The lowest BCUT2D eigenvalue weighted by Gasteiger charge is -2.23. The van der Waals surface area contributed by atoms with Crippen LogP contribution in [0.1, 0.15) is 51.4 Å². The maximum absolute atomic E-state index is 12.3. The van der Waals surface area contributed by atoms with Crippen molar-refractivity contribution in [2.75, 3.05) is 19.0 Å². The summed E-state index contributed by atoms with van der Waals surface area (Å²) in [5, 5.41) is 2.75. The van der Waals surface area contributed by atoms with Crippen LogP contribution in [0.15, 0.2) is 18.2 Å². The normalized spacial score (nSPS) is 12.4. The van der Waals surface area contributed by atoms with Crippen LogP contribution in [0.25, 0.3) is 0 Å². The smallest absolute Gasteiger partial charge is 0.341 e. The van der Waals surface area contributed by atoms with Crippen molar-refractivity contribution in [3.8, 4) is 5.75 Å². The third-order valence-corrected chi connectivity index (χ3v) is 3.60. The Labute approximate surface area is 143 Å². The molecule has 1 aromatic carbocycles. The van der Waals surface area contributed by atoms with Crippen molar-refractivity contribution in [3.05, 3.63) is 23.8 Å². The Morgan fingerprint density at radius 1 is 1.25 bits per heavy atom. The van der Waals surface area contributed by atoms with E-state index in [1.54, 1.807) is 32.0 Å². The highest BCUT2D eigenvalue weighted by Gasteiger charge is 2.28. The van der Waals surface area contributed by atoms with Gasteiger partial charge in [0.25, 0.3) is 5.91 Å². The molecule has 0 radical (unpaired) electrons. The van der Waals surface area contributed by atoms with Crippen LogP contribution in [-0.2, 0) is 14.3 Å². The third kappa shape index (κ3) is 5.23. The number of esters is 1. The summed E-state index contributed by atoms with van der Waals surface area (Å²) in [5.41, 5.74) is -0.221. The summed E-state index contributed by atoms with van der Waals surface area (Å²) < 4.78 is 16.0. The highest BCUT2D eigenvalue weighted by Crippen LogP contribution is 2.26. The van der Waals surface area contributed by atoms with Crippen LogP contribution in [0.3, 0.4) is 0 Å². The highest BCUT2D eigenvalue weighted by atomic mass is 16.5. The Morgan fingerprint density at radius 3 is 2.46 bits per heavy atom. The van der Waals surface area contributed by atoms with Gasteiger partial charge in [-0.3, -0.25) is 4.79 Å². The van der Waals surface area contributed by atoms with E-state index in [0.717, 1.165) is 6.42 Å². The summed E-state index contributed by atoms with van der Waals surface area (Å²) in [6.45, 7) is 9.54. The van der Waals surface area contributed by atoms with Crippen LogP contribution in [0, 0.1) is 0 Å². The lowest BCUT2D eigenvalue weighted by molar-refractivity contribution is -0.136. The van der Waals surface area contributed by atoms with Crippen LogP contribution in [0.2, 0.25) is 0 Å². The maximum Gasteiger partial charge on any atom is 0.341 e. The zero-order valence-corrected chi connectivity index (χ0v) is 15.3. The van der Waals surface area contributed by atoms with Crippen LogP contribution in [0.5, 0.6) is 5.75 Å². The maximum atomic E-state index is 12.3. The molecule has 0 saturated carbocycles. The molecule has 0 heterocycles. The summed E-state index contributed by atoms with van der Waals surface area (Å²) >= 11 is 0. The lowest BCUT2D eigenvalue weighted by atomic mass is 10.1. The fourth-order valence-electron chi connectivity index (χ4n) is 1.99. The van der Waals surface area contributed by atoms with Crippen molar-refractivity contribution in [2.24, 2.45) is 0 Å². The van der Waals surface area contributed by atoms with E-state index < -0.39 is 11.6 Å². The molecule has 1 unspecified atom stereocenters. The number of carbonyl (C=O) groups is 2. The first-order valence-electron chi connectivity index (χ1n) is 8.09. The molecule has 24 heavy (non-hydrogen) atoms. The molecular formula is C18H27NO5. The minimum absolute atomic E-state index is 0.0364. The van der Waals surface area contributed by atoms with E-state index in [2.05, 4.69) is 5.32 Å². The molecule has 1 atom stereocenters. The minimum atomic E-state index is -0.966. The zero-order valence-electron chi connectivity index (χ0n) is 15.3. The van der Waals surface area contributed by atoms with E-state index in [1.165, 1.54) is 7.11 Å². The number of methoxy groups -OCH3 is 1. The molecule has 0 aromatic heterocycles. The van der Waals surface area contributed by atoms with Gasteiger partial charge in [0.05, 0.1) is 13.2 Å². The summed E-state index contributed by atoms with van der Waals surface area (Å²) in [6, 6.07) is 4.88. The Kier molecular flexibility index (Phi) is 7.22. The summed E-state index contributed by atoms with van der Waals surface area (Å²) in [4.78, 5) is 24.3. The van der Waals surface area contributed by atoms with Gasteiger partial charge in [0, 0.05) is 12.3 Å². The number of benzene rings is 1. The second-order valence-electron chi connectivity index (χ2n) is 5.94. The van der Waals surface area contributed by atoms with Gasteiger partial charge in [0.1, 0.15) is 16.9 Å². The largest absolute Gasteiger partial charge is 0.490 e. The molecule has 0 spiro atoms. The fourth-order valence-corrected chi connectivity index (χ4v) is 1.99. The second kappa shape index (κ2) is 8.68. The number of carbonyl (C=O) groups excluding carboxylic acids is 2. The van der Waals surface area contributed by atoms with Crippen molar-refractivity contribution in [1.29, 1.82) is 0 Å². The average Bonchev–Trinajstić information content (AvgIpc) is 2.55. The number of rotatable bonds is 8. The molecule has 6 heteroatoms. The number of hydrogen-bond donors (Lipinski definition) is 1. The zero-order chi connectivity index (χ0) is 18.3. The molecular weight excluding hydrogens is 310 g/mol. The monoisotopic (exact) mass is 337 g/mol. The molecule has 0 aliphatic rings. The molecule has 6 nitrogen and oxygen atoms in total. The first-order chi connectivity index (χ1) is 11.2. The summed E-state index contributed by atoms with van der Waals surface area (Å²) in [5.74, 6) is -0.387. The molecule has 0 fully saturated rings. The molecule has 0 aliphatic heterocycles. The van der Waals surface area contributed by atoms with Crippen LogP contribution in [-0.4, -0.2) is 37.3 Å². The predicted molar refractivity (Wildman–Crippen MR) is 92.5 cm³/mol. The van der Waals surface area contributed by atoms with Crippen molar-refractivity contribution in [2.45, 2.75) is 52.7 Å². The van der Waals surface area contributed by atoms with Gasteiger partial charge in [-0.25, -0.2) is 4.79 Å². The topological polar surface area (TPSA) is 73.9 Å². The van der Waals surface area contributed by atoms with Gasteiger partial charge in [-0.15, -0.1) is 0 Å². The lowest BCUT2D eigenvalue weighted by Crippen LogP contribution is -2.39. The number of hydrogen-bond acceptors (Lipinski definition) is 5. The van der Waals surface area contributed by atoms with Crippen LogP contribution < -0.4 is 10.1 Å². The van der Waals surface area contributed by atoms with E-state index in [4.69, 9.17) is 14.2 Å². The number of anilines is 1. The van der Waals surface area contributed by atoms with Crippen molar-refractivity contribution in [3.63, 3.8) is 0 Å². The quantitative estimate of drug-likeness (QED) is 0.736. The number of amides is 1. The Balaban J connectivity index is 3.06. The van der Waals surface area contributed by atoms with Gasteiger partial charge >= 0.3 is 5.97 Å². The Hall–Kier alpha value is -2.08. The van der Waals surface area contributed by atoms with Crippen LogP contribution in [0.4, 0.5) is 5.69 Å². The minimum Gasteiger partial charge on any atom is -0.490 e. The van der Waals surface area contributed by atoms with E-state index >= 15 is 0 Å². The molecule has 1 rings (SSSR count). The van der Waals surface area contributed by atoms with Crippen LogP contribution >= 0.6 is 0 Å². The molecule has 0 saturated heterocycles. The highest BCUT2D eigenvalue weighted by molar-refractivity contribution is 5.99. The summed E-state index contributed by atoms with van der Waals surface area (Å²) in [6.07, 6.45) is 0.771. The average molecular weight is 337 g/mol. The van der Waals surface area contributed by atoms with E-state index in [0.29, 0.717) is 18.0 Å². The van der Waals surface area contributed by atoms with Gasteiger partial charge in [0.2, 0.25) is 0 Å². The molecule has 1 aromatic rings. The van der Waals surface area contributed by atoms with Gasteiger partial charge in [0.15, 0.2) is 0 Å². The first kappa shape index (κ1) is 20.0. The number of nitrogens with one attached hydrogen (secondary N) is 1. The van der Waals surface area contributed by atoms with Gasteiger partial charge in [-0.2, -0.15) is 0 Å². The summed E-state index contributed by atoms with van der Waals surface area (Å²) in [7, 11) is 1.30. The van der Waals surface area contributed by atoms with E-state index in [9.17, 15) is 9.59 Å². The molecule has 134 valence electrons. The van der Waals surface area contributed by atoms with Crippen molar-refractivity contribution < 1.29 is 23.8 Å². The SMILES string of the molecule is CCOC(C)(C)C(=O)Nc1ccc(OC(C)CC)c(C(=O)OC)c1. The van der Waals surface area contributed by atoms with Crippen molar-refractivity contribution >= 4 is 17.6 Å². The van der Waals surface area contributed by atoms with E-state index in [1.807, 2.05) is 20.8 Å². The molecule has 1 N–H and O–H groups in total. The van der Waals surface area contributed by atoms with Gasteiger partial charge in [-0.05, 0) is 52.3 Å². The van der Waals surface area contributed by atoms with Crippen molar-refractivity contribution in [1.82, 2.24) is 0 Å². The van der Waals surface area contributed by atoms with Gasteiger partial charge < -0.3 is 19.5 Å². The molecule has 0 aliphatic carbocycles. The first-order valence-corrected chi connectivity index (χ1v) is 8.09. The van der Waals surface area contributed by atoms with Gasteiger partial charge in [-0.1, -0.05) is 6.92 Å². The predicted octanol–water partition coefficient (Wildman–Crippen LogP) is 3.40. The Morgan fingerprint density at radius 2 is 1.92 bits per heavy atom. The third-order valence-electron chi connectivity index (χ3n) is 3.60. The number of ether oxygens (including phenoxy) is 3. The second-order valence-corrected chi connectivity index (χ2v) is 5.94. The Bertz CT molecular complexity index is 583. The molecule has 1 amide bonds. The standard InChI is InChI=1S/C18H27NO5/c1-7-12(3)24-15-10-9-13(11-14(15)16(20)22-6)19-17(21)18(4,5)23-8-2/h9-12H,7-8H2,1-6H3,(H,19,21). The fraction of sp³-hybridized carbons (Fsp3) is 0.556.